The Morgan fingerprint density at radius 2 is 1.69 bits per heavy atom. The highest BCUT2D eigenvalue weighted by Crippen LogP contribution is 2.36. The third-order valence-electron chi connectivity index (χ3n) is 5.40. The lowest BCUT2D eigenvalue weighted by Crippen LogP contribution is -2.38. The van der Waals surface area contributed by atoms with Gasteiger partial charge < -0.3 is 15.4 Å². The molecule has 9 heteroatoms. The van der Waals surface area contributed by atoms with Gasteiger partial charge in [0.25, 0.3) is 5.91 Å². The fourth-order valence-electron chi connectivity index (χ4n) is 3.62. The van der Waals surface area contributed by atoms with Gasteiger partial charge in [0, 0.05) is 5.69 Å². The van der Waals surface area contributed by atoms with E-state index in [0.29, 0.717) is 32.6 Å². The maximum atomic E-state index is 12.8. The molecule has 7 nitrogen and oxygen atoms in total. The molecule has 3 aromatic rings. The molecule has 3 aromatic carbocycles. The van der Waals surface area contributed by atoms with Crippen LogP contribution in [0, 0.1) is 13.8 Å². The van der Waals surface area contributed by atoms with E-state index < -0.39 is 24.4 Å². The van der Waals surface area contributed by atoms with Gasteiger partial charge in [-0.05, 0) is 87.2 Å². The van der Waals surface area contributed by atoms with Crippen LogP contribution in [0.2, 0.25) is 0 Å². The van der Waals surface area contributed by atoms with Gasteiger partial charge in [0.05, 0.1) is 8.95 Å². The monoisotopic (exact) mass is 611 g/mol. The maximum absolute atomic E-state index is 12.8. The van der Waals surface area contributed by atoms with Crippen LogP contribution in [0.5, 0.6) is 5.75 Å². The summed E-state index contributed by atoms with van der Waals surface area (Å²) in [4.78, 5) is 38.5. The Morgan fingerprint density at radius 1 is 1.00 bits per heavy atom. The number of nitrogens with one attached hydrogen (secondary N) is 2. The summed E-state index contributed by atoms with van der Waals surface area (Å²) < 4.78 is 7.35. The van der Waals surface area contributed by atoms with Crippen LogP contribution < -0.4 is 15.4 Å². The second-order valence-corrected chi connectivity index (χ2v) is 10.1. The zero-order valence-corrected chi connectivity index (χ0v) is 22.8. The molecule has 4 amide bonds. The molecule has 1 fully saturated rings. The van der Waals surface area contributed by atoms with Crippen molar-refractivity contribution in [2.75, 3.05) is 11.9 Å². The van der Waals surface area contributed by atoms with Crippen LogP contribution in [0.25, 0.3) is 6.08 Å². The van der Waals surface area contributed by atoms with Gasteiger partial charge in [0.2, 0.25) is 5.91 Å². The number of carbonyl (C=O) groups is 3. The highest BCUT2D eigenvalue weighted by atomic mass is 79.9. The number of benzene rings is 3. The van der Waals surface area contributed by atoms with Gasteiger partial charge in [-0.25, -0.2) is 9.69 Å². The Balaban J connectivity index is 1.43. The van der Waals surface area contributed by atoms with Crippen LogP contribution in [0.3, 0.4) is 0 Å². The second-order valence-electron chi connectivity index (χ2n) is 8.39. The number of ether oxygens (including phenoxy) is 1. The van der Waals surface area contributed by atoms with Crippen LogP contribution in [-0.2, 0) is 16.2 Å². The Morgan fingerprint density at radius 3 is 2.36 bits per heavy atom. The van der Waals surface area contributed by atoms with Crippen molar-refractivity contribution < 1.29 is 19.1 Å². The lowest BCUT2D eigenvalue weighted by molar-refractivity contribution is -0.127. The molecule has 0 spiro atoms. The smallest absolute Gasteiger partial charge is 0.329 e. The van der Waals surface area contributed by atoms with E-state index in [1.165, 1.54) is 0 Å². The Hall–Kier alpha value is -3.43. The minimum atomic E-state index is -0.651. The van der Waals surface area contributed by atoms with Gasteiger partial charge in [0.15, 0.2) is 0 Å². The van der Waals surface area contributed by atoms with E-state index in [2.05, 4.69) is 48.6 Å². The lowest BCUT2D eigenvalue weighted by Gasteiger charge is -2.12. The van der Waals surface area contributed by atoms with E-state index in [4.69, 9.17) is 4.74 Å². The minimum absolute atomic E-state index is 0.0790. The average Bonchev–Trinajstić information content (AvgIpc) is 3.07. The fraction of sp³-hybridized carbons (Fsp3) is 0.148. The van der Waals surface area contributed by atoms with Crippen molar-refractivity contribution >= 4 is 61.5 Å². The van der Waals surface area contributed by atoms with Crippen molar-refractivity contribution in [3.8, 4) is 5.75 Å². The first-order valence-corrected chi connectivity index (χ1v) is 12.7. The van der Waals surface area contributed by atoms with Gasteiger partial charge in [-0.2, -0.15) is 0 Å². The Bertz CT molecular complexity index is 1350. The largest absolute Gasteiger partial charge is 0.487 e. The van der Waals surface area contributed by atoms with Crippen molar-refractivity contribution in [3.63, 3.8) is 0 Å². The van der Waals surface area contributed by atoms with Gasteiger partial charge in [0.1, 0.15) is 24.6 Å². The molecule has 0 radical (unpaired) electrons. The Labute approximate surface area is 225 Å². The highest BCUT2D eigenvalue weighted by Gasteiger charge is 2.35. The number of hydrogen-bond acceptors (Lipinski definition) is 4. The third-order valence-corrected chi connectivity index (χ3v) is 6.57. The molecule has 0 aromatic heterocycles. The zero-order valence-electron chi connectivity index (χ0n) is 19.6. The fourth-order valence-corrected chi connectivity index (χ4v) is 5.07. The number of rotatable bonds is 7. The number of aryl methyl sites for hydroxylation is 2. The standard InChI is InChI=1S/C27H23Br2N3O4/c1-16-6-8-20(9-7-16)30-24(33)14-32-26(34)23(31-27(32)35)13-19-11-21(28)25(22(29)12-19)36-15-18-5-3-4-17(2)10-18/h3-13H,14-15H2,1-2H3,(H,30,33)(H,31,35)/b23-13+. The number of urea groups is 1. The number of amides is 4. The van der Waals surface area contributed by atoms with Crippen molar-refractivity contribution in [2.45, 2.75) is 20.5 Å². The number of anilines is 1. The molecule has 184 valence electrons. The molecule has 4 rings (SSSR count). The van der Waals surface area contributed by atoms with E-state index in [9.17, 15) is 14.4 Å². The molecule has 0 saturated carbocycles. The summed E-state index contributed by atoms with van der Waals surface area (Å²) in [5, 5.41) is 5.23. The molecular formula is C27H23Br2N3O4. The van der Waals surface area contributed by atoms with Crippen molar-refractivity contribution in [3.05, 3.63) is 97.6 Å². The van der Waals surface area contributed by atoms with Gasteiger partial charge >= 0.3 is 6.03 Å². The molecule has 0 bridgehead atoms. The van der Waals surface area contributed by atoms with Crippen LogP contribution in [-0.4, -0.2) is 29.3 Å². The maximum Gasteiger partial charge on any atom is 0.329 e. The van der Waals surface area contributed by atoms with Gasteiger partial charge in [-0.15, -0.1) is 0 Å². The minimum Gasteiger partial charge on any atom is -0.487 e. The average molecular weight is 613 g/mol. The SMILES string of the molecule is Cc1ccc(NC(=O)CN2C(=O)N/C(=C/c3cc(Br)c(OCc4cccc(C)c4)c(Br)c3)C2=O)cc1. The van der Waals surface area contributed by atoms with Crippen molar-refractivity contribution in [1.29, 1.82) is 0 Å². The van der Waals surface area contributed by atoms with Crippen LogP contribution in [0.1, 0.15) is 22.3 Å². The summed E-state index contributed by atoms with van der Waals surface area (Å²) in [7, 11) is 0. The summed E-state index contributed by atoms with van der Waals surface area (Å²) in [5.41, 5.74) is 4.59. The first-order chi connectivity index (χ1) is 17.2. The van der Waals surface area contributed by atoms with Crippen LogP contribution in [0.15, 0.2) is 75.3 Å². The number of nitrogens with zero attached hydrogens (tertiary/aromatic N) is 1. The number of carbonyl (C=O) groups excluding carboxylic acids is 3. The van der Waals surface area contributed by atoms with E-state index in [0.717, 1.165) is 21.6 Å². The van der Waals surface area contributed by atoms with Gasteiger partial charge in [-0.3, -0.25) is 9.59 Å². The molecule has 0 unspecified atom stereocenters. The number of hydrogen-bond donors (Lipinski definition) is 2. The zero-order chi connectivity index (χ0) is 25.8. The Kier molecular flexibility index (Phi) is 7.91. The first-order valence-electron chi connectivity index (χ1n) is 11.1. The molecule has 1 saturated heterocycles. The summed E-state index contributed by atoms with van der Waals surface area (Å²) >= 11 is 7.05. The normalized spacial score (nSPS) is 14.2. The lowest BCUT2D eigenvalue weighted by atomic mass is 10.1. The van der Waals surface area contributed by atoms with E-state index in [-0.39, 0.29) is 5.70 Å². The van der Waals surface area contributed by atoms with Crippen LogP contribution >= 0.6 is 31.9 Å². The van der Waals surface area contributed by atoms with Crippen molar-refractivity contribution in [1.82, 2.24) is 10.2 Å². The molecule has 1 aliphatic rings. The predicted molar refractivity (Wildman–Crippen MR) is 145 cm³/mol. The molecule has 1 aliphatic heterocycles. The first kappa shape index (κ1) is 25.7. The molecule has 0 aliphatic carbocycles. The van der Waals surface area contributed by atoms with Gasteiger partial charge in [-0.1, -0.05) is 47.5 Å². The predicted octanol–water partition coefficient (Wildman–Crippen LogP) is 5.94. The van der Waals surface area contributed by atoms with E-state index >= 15 is 0 Å². The molecule has 36 heavy (non-hydrogen) atoms. The highest BCUT2D eigenvalue weighted by molar-refractivity contribution is 9.11. The third kappa shape index (κ3) is 6.22. The molecule has 0 atom stereocenters. The summed E-state index contributed by atoms with van der Waals surface area (Å²) in [5.74, 6) is -0.426. The molecular weight excluding hydrogens is 590 g/mol. The summed E-state index contributed by atoms with van der Waals surface area (Å²) in [6, 6.07) is 18.2. The van der Waals surface area contributed by atoms with E-state index in [1.807, 2.05) is 44.2 Å². The molecule has 2 N–H and O–H groups in total. The second kappa shape index (κ2) is 11.1. The topological polar surface area (TPSA) is 87.7 Å². The molecule has 1 heterocycles. The quantitative estimate of drug-likeness (QED) is 0.255. The summed E-state index contributed by atoms with van der Waals surface area (Å²) in [6.07, 6.45) is 1.55. The van der Waals surface area contributed by atoms with Crippen molar-refractivity contribution in [2.24, 2.45) is 0 Å². The number of halogens is 2. The van der Waals surface area contributed by atoms with E-state index in [1.54, 1.807) is 30.3 Å². The van der Waals surface area contributed by atoms with Crippen LogP contribution in [0.4, 0.5) is 10.5 Å². The number of imide groups is 1. The summed E-state index contributed by atoms with van der Waals surface area (Å²) in [6.45, 7) is 3.97.